The van der Waals surface area contributed by atoms with Crippen LogP contribution >= 0.6 is 11.6 Å². The second-order valence-electron chi connectivity index (χ2n) is 5.95. The molecule has 2 aromatic rings. The Labute approximate surface area is 150 Å². The zero-order chi connectivity index (χ0) is 18.1. The zero-order valence-electron chi connectivity index (χ0n) is 14.0. The second kappa shape index (κ2) is 6.85. The summed E-state index contributed by atoms with van der Waals surface area (Å²) in [7, 11) is 0. The number of nitrogens with zero attached hydrogens (tertiary/aromatic N) is 3. The van der Waals surface area contributed by atoms with Crippen LogP contribution < -0.4 is 5.73 Å². The maximum Gasteiger partial charge on any atom is 0.258 e. The summed E-state index contributed by atoms with van der Waals surface area (Å²) in [5.41, 5.74) is 7.36. The Hall–Kier alpha value is -2.38. The van der Waals surface area contributed by atoms with Gasteiger partial charge in [-0.2, -0.15) is 5.10 Å². The van der Waals surface area contributed by atoms with Crippen LogP contribution in [0, 0.1) is 6.92 Å². The van der Waals surface area contributed by atoms with Crippen molar-refractivity contribution in [1.29, 1.82) is 0 Å². The van der Waals surface area contributed by atoms with Crippen LogP contribution in [0.3, 0.4) is 0 Å². The molecular formula is C17H19ClN4O3. The third-order valence-corrected chi connectivity index (χ3v) is 4.61. The largest absolute Gasteiger partial charge is 0.374 e. The lowest BCUT2D eigenvalue weighted by Crippen LogP contribution is -2.58. The van der Waals surface area contributed by atoms with Crippen LogP contribution in [0.4, 0.5) is 0 Å². The molecule has 1 aliphatic rings. The summed E-state index contributed by atoms with van der Waals surface area (Å²) in [5, 5.41) is 4.92. The Balaban J connectivity index is 1.92. The lowest BCUT2D eigenvalue weighted by molar-refractivity contribution is -0.132. The van der Waals surface area contributed by atoms with Crippen molar-refractivity contribution in [2.75, 3.05) is 13.2 Å². The molecule has 3 rings (SSSR count). The number of amides is 2. The summed E-state index contributed by atoms with van der Waals surface area (Å²) < 4.78 is 7.12. The van der Waals surface area contributed by atoms with Crippen molar-refractivity contribution >= 4 is 23.4 Å². The summed E-state index contributed by atoms with van der Waals surface area (Å²) in [4.78, 5) is 26.2. The van der Waals surface area contributed by atoms with E-state index < -0.39 is 18.1 Å². The van der Waals surface area contributed by atoms with Crippen molar-refractivity contribution in [3.05, 3.63) is 46.7 Å². The third-order valence-electron chi connectivity index (χ3n) is 4.36. The van der Waals surface area contributed by atoms with Crippen LogP contribution in [0.15, 0.2) is 30.5 Å². The number of hydrogen-bond acceptors (Lipinski definition) is 4. The monoisotopic (exact) mass is 362 g/mol. The number of benzene rings is 1. The molecule has 2 N–H and O–H groups in total. The minimum Gasteiger partial charge on any atom is -0.374 e. The number of nitrogens with two attached hydrogens (primary N) is 1. The van der Waals surface area contributed by atoms with Crippen molar-refractivity contribution in [3.63, 3.8) is 0 Å². The second-order valence-corrected chi connectivity index (χ2v) is 6.39. The van der Waals surface area contributed by atoms with Crippen LogP contribution in [0.2, 0.25) is 5.02 Å². The van der Waals surface area contributed by atoms with Crippen molar-refractivity contribution in [1.82, 2.24) is 14.7 Å². The van der Waals surface area contributed by atoms with E-state index >= 15 is 0 Å². The highest BCUT2D eigenvalue weighted by Gasteiger charge is 2.38. The Bertz CT molecular complexity index is 803. The van der Waals surface area contributed by atoms with Crippen molar-refractivity contribution < 1.29 is 14.3 Å². The first-order chi connectivity index (χ1) is 11.9. The van der Waals surface area contributed by atoms with E-state index in [-0.39, 0.29) is 5.91 Å². The molecule has 8 heteroatoms. The molecule has 1 aromatic carbocycles. The predicted octanol–water partition coefficient (Wildman–Crippen LogP) is 1.55. The van der Waals surface area contributed by atoms with Gasteiger partial charge in [-0.1, -0.05) is 11.6 Å². The Morgan fingerprint density at radius 2 is 2.00 bits per heavy atom. The van der Waals surface area contributed by atoms with Gasteiger partial charge < -0.3 is 15.4 Å². The maximum absolute atomic E-state index is 13.0. The molecule has 1 aliphatic heterocycles. The van der Waals surface area contributed by atoms with E-state index in [2.05, 4.69) is 5.10 Å². The Morgan fingerprint density at radius 3 is 2.64 bits per heavy atom. The van der Waals surface area contributed by atoms with E-state index in [0.717, 1.165) is 5.69 Å². The number of carbonyl (C=O) groups is 2. The number of hydrogen-bond donors (Lipinski definition) is 1. The third kappa shape index (κ3) is 3.25. The number of primary amides is 1. The molecule has 0 saturated carbocycles. The quantitative estimate of drug-likeness (QED) is 0.896. The SMILES string of the molecule is Cc1c(C(=O)N2CCO[C@H](C)[C@H]2C(N)=O)cnn1-c1ccc(Cl)cc1. The van der Waals surface area contributed by atoms with Gasteiger partial charge >= 0.3 is 0 Å². The molecule has 0 radical (unpaired) electrons. The lowest BCUT2D eigenvalue weighted by atomic mass is 10.1. The van der Waals surface area contributed by atoms with E-state index in [0.29, 0.717) is 29.4 Å². The average molecular weight is 363 g/mol. The van der Waals surface area contributed by atoms with Gasteiger partial charge in [0.1, 0.15) is 6.04 Å². The van der Waals surface area contributed by atoms with Gasteiger partial charge in [0.2, 0.25) is 5.91 Å². The molecule has 0 bridgehead atoms. The molecule has 1 aromatic heterocycles. The molecule has 0 unspecified atom stereocenters. The summed E-state index contributed by atoms with van der Waals surface area (Å²) >= 11 is 5.91. The van der Waals surface area contributed by atoms with Crippen LogP contribution in [0.25, 0.3) is 5.69 Å². The highest BCUT2D eigenvalue weighted by molar-refractivity contribution is 6.30. The predicted molar refractivity (Wildman–Crippen MR) is 92.7 cm³/mol. The van der Waals surface area contributed by atoms with Gasteiger partial charge in [-0.3, -0.25) is 9.59 Å². The van der Waals surface area contributed by atoms with Gasteiger partial charge in [0.15, 0.2) is 0 Å². The molecule has 2 atom stereocenters. The molecular weight excluding hydrogens is 344 g/mol. The average Bonchev–Trinajstić information content (AvgIpc) is 2.96. The van der Waals surface area contributed by atoms with Crippen molar-refractivity contribution in [2.24, 2.45) is 5.73 Å². The zero-order valence-corrected chi connectivity index (χ0v) is 14.7. The van der Waals surface area contributed by atoms with Gasteiger partial charge in [-0.25, -0.2) is 4.68 Å². The first-order valence-corrected chi connectivity index (χ1v) is 8.30. The summed E-state index contributed by atoms with van der Waals surface area (Å²) in [6, 6.07) is 6.36. The van der Waals surface area contributed by atoms with Gasteiger partial charge in [0, 0.05) is 11.6 Å². The van der Waals surface area contributed by atoms with E-state index in [1.807, 2.05) is 12.1 Å². The van der Waals surface area contributed by atoms with Gasteiger partial charge in [0.05, 0.1) is 35.9 Å². The number of halogens is 1. The first kappa shape index (κ1) is 17.4. The number of morpholine rings is 1. The van der Waals surface area contributed by atoms with E-state index in [9.17, 15) is 9.59 Å². The minimum atomic E-state index is -0.792. The molecule has 25 heavy (non-hydrogen) atoms. The molecule has 0 aliphatic carbocycles. The van der Waals surface area contributed by atoms with Crippen LogP contribution in [0.1, 0.15) is 23.0 Å². The molecule has 7 nitrogen and oxygen atoms in total. The maximum atomic E-state index is 13.0. The van der Waals surface area contributed by atoms with E-state index in [1.165, 1.54) is 11.1 Å². The number of rotatable bonds is 3. The summed E-state index contributed by atoms with van der Waals surface area (Å²) in [6.45, 7) is 4.21. The van der Waals surface area contributed by atoms with E-state index in [4.69, 9.17) is 22.1 Å². The molecule has 1 saturated heterocycles. The van der Waals surface area contributed by atoms with Gasteiger partial charge in [0.25, 0.3) is 5.91 Å². The minimum absolute atomic E-state index is 0.281. The van der Waals surface area contributed by atoms with Crippen LogP contribution in [-0.4, -0.2) is 51.8 Å². The molecule has 132 valence electrons. The highest BCUT2D eigenvalue weighted by atomic mass is 35.5. The number of aromatic nitrogens is 2. The van der Waals surface area contributed by atoms with Gasteiger partial charge in [-0.15, -0.1) is 0 Å². The molecule has 1 fully saturated rings. The smallest absolute Gasteiger partial charge is 0.258 e. The molecule has 2 amide bonds. The standard InChI is InChI=1S/C17H19ClN4O3/c1-10-14(9-20-22(10)13-5-3-12(18)4-6-13)17(24)21-7-8-25-11(2)15(21)16(19)23/h3-6,9,11,15H,7-8H2,1-2H3,(H2,19,23)/t11-,15+/m1/s1. The molecule has 2 heterocycles. The first-order valence-electron chi connectivity index (χ1n) is 7.92. The fourth-order valence-corrected chi connectivity index (χ4v) is 3.18. The van der Waals surface area contributed by atoms with Gasteiger partial charge in [-0.05, 0) is 38.1 Å². The number of ether oxygens (including phenoxy) is 1. The topological polar surface area (TPSA) is 90.4 Å². The Kier molecular flexibility index (Phi) is 4.78. The highest BCUT2D eigenvalue weighted by Crippen LogP contribution is 2.21. The van der Waals surface area contributed by atoms with Crippen molar-refractivity contribution in [2.45, 2.75) is 26.0 Å². The van der Waals surface area contributed by atoms with E-state index in [1.54, 1.807) is 30.7 Å². The Morgan fingerprint density at radius 1 is 1.32 bits per heavy atom. The van der Waals surface area contributed by atoms with Crippen LogP contribution in [-0.2, 0) is 9.53 Å². The normalized spacial score (nSPS) is 20.5. The number of carbonyl (C=O) groups excluding carboxylic acids is 2. The summed E-state index contributed by atoms with van der Waals surface area (Å²) in [6.07, 6.45) is 1.06. The van der Waals surface area contributed by atoms with Crippen molar-refractivity contribution in [3.8, 4) is 5.69 Å². The molecule has 0 spiro atoms. The summed E-state index contributed by atoms with van der Waals surface area (Å²) in [5.74, 6) is -0.861. The lowest BCUT2D eigenvalue weighted by Gasteiger charge is -2.37. The fourth-order valence-electron chi connectivity index (χ4n) is 3.05. The fraction of sp³-hybridized carbons (Fsp3) is 0.353. The van der Waals surface area contributed by atoms with Crippen LogP contribution in [0.5, 0.6) is 0 Å².